The van der Waals surface area contributed by atoms with Gasteiger partial charge in [-0.3, -0.25) is 0 Å². The second-order valence-electron chi connectivity index (χ2n) is 4.67. The van der Waals surface area contributed by atoms with E-state index in [0.717, 1.165) is 5.75 Å². The molecule has 0 aliphatic rings. The van der Waals surface area contributed by atoms with Crippen LogP contribution in [0.4, 0.5) is 0 Å². The Morgan fingerprint density at radius 2 is 2.11 bits per heavy atom. The van der Waals surface area contributed by atoms with Crippen molar-refractivity contribution >= 4 is 21.8 Å². The van der Waals surface area contributed by atoms with Gasteiger partial charge in [0.25, 0.3) is 10.0 Å². The van der Waals surface area contributed by atoms with Crippen molar-refractivity contribution in [3.63, 3.8) is 0 Å². The molecule has 1 aromatic heterocycles. The molecule has 0 saturated carbocycles. The predicted octanol–water partition coefficient (Wildman–Crippen LogP) is 1.74. The zero-order valence-electron chi connectivity index (χ0n) is 11.3. The molecule has 1 heterocycles. The fourth-order valence-corrected chi connectivity index (χ4v) is 3.19. The Bertz CT molecular complexity index is 468. The lowest BCUT2D eigenvalue weighted by Crippen LogP contribution is -2.29. The summed E-state index contributed by atoms with van der Waals surface area (Å²) in [6, 6.07) is 0.205. The molecule has 1 unspecified atom stereocenters. The summed E-state index contributed by atoms with van der Waals surface area (Å²) in [7, 11) is -3.48. The Balaban J connectivity index is 2.68. The van der Waals surface area contributed by atoms with Gasteiger partial charge in [0.15, 0.2) is 5.03 Å². The van der Waals surface area contributed by atoms with Crippen molar-refractivity contribution in [1.29, 1.82) is 0 Å². The van der Waals surface area contributed by atoms with Gasteiger partial charge in [-0.15, -0.1) is 0 Å². The summed E-state index contributed by atoms with van der Waals surface area (Å²) < 4.78 is 28.3. The van der Waals surface area contributed by atoms with E-state index < -0.39 is 10.0 Å². The van der Waals surface area contributed by atoms with Crippen LogP contribution in [0.1, 0.15) is 26.8 Å². The topological polar surface area (TPSA) is 64.0 Å². The molecular formula is C11H21N3O2S2. The van der Waals surface area contributed by atoms with Crippen LogP contribution in [-0.4, -0.2) is 36.5 Å². The second kappa shape index (κ2) is 6.58. The maximum Gasteiger partial charge on any atom is 0.259 e. The molecule has 1 atom stereocenters. The van der Waals surface area contributed by atoms with Gasteiger partial charge >= 0.3 is 0 Å². The van der Waals surface area contributed by atoms with E-state index in [1.54, 1.807) is 28.9 Å². The summed E-state index contributed by atoms with van der Waals surface area (Å²) in [5.41, 5.74) is 0. The molecule has 1 rings (SSSR count). The Kier molecular flexibility index (Phi) is 5.68. The Morgan fingerprint density at radius 3 is 2.61 bits per heavy atom. The van der Waals surface area contributed by atoms with E-state index >= 15 is 0 Å². The zero-order valence-corrected chi connectivity index (χ0v) is 12.9. The summed E-state index contributed by atoms with van der Waals surface area (Å²) in [6.07, 6.45) is 5.12. The van der Waals surface area contributed by atoms with Crippen LogP contribution in [0.5, 0.6) is 0 Å². The summed E-state index contributed by atoms with van der Waals surface area (Å²) >= 11 is 1.71. The molecular weight excluding hydrogens is 270 g/mol. The number of nitrogens with one attached hydrogen (secondary N) is 1. The van der Waals surface area contributed by atoms with Crippen molar-refractivity contribution < 1.29 is 8.42 Å². The van der Waals surface area contributed by atoms with E-state index in [2.05, 4.69) is 9.71 Å². The van der Waals surface area contributed by atoms with Gasteiger partial charge in [0.2, 0.25) is 0 Å². The molecule has 7 heteroatoms. The lowest BCUT2D eigenvalue weighted by molar-refractivity contribution is 0.559. The molecule has 0 saturated heterocycles. The Morgan fingerprint density at radius 1 is 1.44 bits per heavy atom. The van der Waals surface area contributed by atoms with E-state index in [0.29, 0.717) is 12.5 Å². The number of rotatable bonds is 7. The third kappa shape index (κ3) is 4.29. The van der Waals surface area contributed by atoms with Crippen LogP contribution in [0.25, 0.3) is 0 Å². The highest BCUT2D eigenvalue weighted by Gasteiger charge is 2.18. The molecule has 18 heavy (non-hydrogen) atoms. The van der Waals surface area contributed by atoms with Crippen LogP contribution in [0.15, 0.2) is 17.6 Å². The lowest BCUT2D eigenvalue weighted by atomic mass is 10.2. The molecule has 0 spiro atoms. The standard InChI is InChI=1S/C11H21N3O2S2/c1-9(2)14-6-11(12-8-14)18(15,16)13-5-10(3)7-17-4/h6,8-10,13H,5,7H2,1-4H3. The van der Waals surface area contributed by atoms with Crippen LogP contribution in [0, 0.1) is 5.92 Å². The van der Waals surface area contributed by atoms with E-state index in [1.165, 1.54) is 0 Å². The SMILES string of the molecule is CSCC(C)CNS(=O)(=O)c1cn(C(C)C)cn1. The number of hydrogen-bond acceptors (Lipinski definition) is 4. The maximum absolute atomic E-state index is 12.0. The van der Waals surface area contributed by atoms with Gasteiger partial charge in [-0.1, -0.05) is 6.92 Å². The molecule has 5 nitrogen and oxygen atoms in total. The van der Waals surface area contributed by atoms with Crippen LogP contribution in [-0.2, 0) is 10.0 Å². The van der Waals surface area contributed by atoms with Gasteiger partial charge in [0.05, 0.1) is 6.33 Å². The minimum absolute atomic E-state index is 0.0903. The van der Waals surface area contributed by atoms with Gasteiger partial charge in [-0.05, 0) is 31.8 Å². The maximum atomic E-state index is 12.0. The molecule has 0 amide bonds. The number of nitrogens with zero attached hydrogens (tertiary/aromatic N) is 2. The minimum atomic E-state index is -3.48. The first-order valence-electron chi connectivity index (χ1n) is 5.89. The highest BCUT2D eigenvalue weighted by Crippen LogP contribution is 2.11. The number of thioether (sulfide) groups is 1. The van der Waals surface area contributed by atoms with Gasteiger partial charge in [0, 0.05) is 18.8 Å². The highest BCUT2D eigenvalue weighted by molar-refractivity contribution is 7.98. The van der Waals surface area contributed by atoms with Crippen LogP contribution in [0.3, 0.4) is 0 Å². The molecule has 0 radical (unpaired) electrons. The number of sulfonamides is 1. The van der Waals surface area contributed by atoms with Gasteiger partial charge in [-0.2, -0.15) is 11.8 Å². The fourth-order valence-electron chi connectivity index (χ4n) is 1.41. The quantitative estimate of drug-likeness (QED) is 0.831. The predicted molar refractivity (Wildman–Crippen MR) is 75.3 cm³/mol. The van der Waals surface area contributed by atoms with Crippen LogP contribution < -0.4 is 4.72 Å². The van der Waals surface area contributed by atoms with E-state index in [-0.39, 0.29) is 11.1 Å². The first kappa shape index (κ1) is 15.5. The van der Waals surface area contributed by atoms with Crippen LogP contribution >= 0.6 is 11.8 Å². The van der Waals surface area contributed by atoms with E-state index in [4.69, 9.17) is 0 Å². The van der Waals surface area contributed by atoms with Gasteiger partial charge in [-0.25, -0.2) is 18.1 Å². The largest absolute Gasteiger partial charge is 0.334 e. The van der Waals surface area contributed by atoms with Crippen molar-refractivity contribution in [3.8, 4) is 0 Å². The van der Waals surface area contributed by atoms with Crippen molar-refractivity contribution in [2.45, 2.75) is 31.8 Å². The smallest absolute Gasteiger partial charge is 0.259 e. The van der Waals surface area contributed by atoms with Crippen molar-refractivity contribution in [2.75, 3.05) is 18.6 Å². The van der Waals surface area contributed by atoms with Gasteiger partial charge in [0.1, 0.15) is 0 Å². The summed E-state index contributed by atoms with van der Waals surface area (Å²) in [4.78, 5) is 3.94. The van der Waals surface area contributed by atoms with Crippen molar-refractivity contribution in [1.82, 2.24) is 14.3 Å². The van der Waals surface area contributed by atoms with E-state index in [9.17, 15) is 8.42 Å². The summed E-state index contributed by atoms with van der Waals surface area (Å²) in [5, 5.41) is 0.0903. The summed E-state index contributed by atoms with van der Waals surface area (Å²) in [6.45, 7) is 6.42. The molecule has 1 aromatic rings. The van der Waals surface area contributed by atoms with E-state index in [1.807, 2.05) is 27.0 Å². The van der Waals surface area contributed by atoms with Gasteiger partial charge < -0.3 is 4.57 Å². The first-order valence-corrected chi connectivity index (χ1v) is 8.76. The molecule has 104 valence electrons. The van der Waals surface area contributed by atoms with Crippen molar-refractivity contribution in [2.24, 2.45) is 5.92 Å². The Labute approximate surface area is 113 Å². The zero-order chi connectivity index (χ0) is 13.8. The molecule has 0 aromatic carbocycles. The number of imidazole rings is 1. The lowest BCUT2D eigenvalue weighted by Gasteiger charge is -2.10. The summed E-state index contributed by atoms with van der Waals surface area (Å²) in [5.74, 6) is 1.24. The van der Waals surface area contributed by atoms with Crippen LogP contribution in [0.2, 0.25) is 0 Å². The van der Waals surface area contributed by atoms with Crippen molar-refractivity contribution in [3.05, 3.63) is 12.5 Å². The number of hydrogen-bond donors (Lipinski definition) is 1. The highest BCUT2D eigenvalue weighted by atomic mass is 32.2. The first-order chi connectivity index (χ1) is 8.36. The third-order valence-electron chi connectivity index (χ3n) is 2.52. The second-order valence-corrected chi connectivity index (χ2v) is 7.29. The minimum Gasteiger partial charge on any atom is -0.334 e. The normalized spacial score (nSPS) is 14.1. The Hall–Kier alpha value is -0.530. The molecule has 1 N–H and O–H groups in total. The fraction of sp³-hybridized carbons (Fsp3) is 0.727. The average Bonchev–Trinajstić information content (AvgIpc) is 2.77. The number of aromatic nitrogens is 2. The average molecular weight is 291 g/mol. The third-order valence-corrected chi connectivity index (χ3v) is 4.73. The molecule has 0 fully saturated rings. The molecule has 0 bridgehead atoms. The molecule has 0 aliphatic heterocycles. The molecule has 0 aliphatic carbocycles. The monoisotopic (exact) mass is 291 g/mol.